The maximum absolute atomic E-state index is 12.2. The van der Waals surface area contributed by atoms with Gasteiger partial charge in [-0.2, -0.15) is 0 Å². The smallest absolute Gasteiger partial charge is 0.255 e. The van der Waals surface area contributed by atoms with Crippen LogP contribution < -0.4 is 15.8 Å². The molecule has 0 bridgehead atoms. The zero-order chi connectivity index (χ0) is 13.8. The van der Waals surface area contributed by atoms with E-state index in [2.05, 4.69) is 5.32 Å². The lowest BCUT2D eigenvalue weighted by Gasteiger charge is -2.16. The average Bonchev–Trinajstić information content (AvgIpc) is 2.81. The minimum atomic E-state index is -0.164. The molecule has 3 N–H and O–H groups in total. The van der Waals surface area contributed by atoms with E-state index >= 15 is 0 Å². The van der Waals surface area contributed by atoms with Crippen molar-refractivity contribution in [3.05, 3.63) is 23.8 Å². The number of para-hydroxylation sites is 1. The molecule has 0 radical (unpaired) electrons. The second-order valence-corrected chi connectivity index (χ2v) is 4.76. The van der Waals surface area contributed by atoms with Crippen molar-refractivity contribution in [2.75, 3.05) is 26.0 Å². The van der Waals surface area contributed by atoms with Crippen molar-refractivity contribution >= 4 is 11.6 Å². The SMILES string of the molecule is COc1c(N)cccc1C(=O)NCC1CCOC1C. The van der Waals surface area contributed by atoms with Crippen LogP contribution in [0.2, 0.25) is 0 Å². The van der Waals surface area contributed by atoms with Gasteiger partial charge in [0.1, 0.15) is 0 Å². The molecule has 1 aliphatic rings. The minimum absolute atomic E-state index is 0.164. The zero-order valence-corrected chi connectivity index (χ0v) is 11.3. The standard InChI is InChI=1S/C14H20N2O3/c1-9-10(6-7-19-9)8-16-14(17)11-4-3-5-12(15)13(11)18-2/h3-5,9-10H,6-8,15H2,1-2H3,(H,16,17). The van der Waals surface area contributed by atoms with Gasteiger partial charge in [0.25, 0.3) is 5.91 Å². The van der Waals surface area contributed by atoms with Gasteiger partial charge >= 0.3 is 0 Å². The highest BCUT2D eigenvalue weighted by molar-refractivity contribution is 5.98. The largest absolute Gasteiger partial charge is 0.494 e. The summed E-state index contributed by atoms with van der Waals surface area (Å²) in [6.45, 7) is 3.41. The van der Waals surface area contributed by atoms with Gasteiger partial charge in [-0.15, -0.1) is 0 Å². The van der Waals surface area contributed by atoms with Gasteiger partial charge < -0.3 is 20.5 Å². The summed E-state index contributed by atoms with van der Waals surface area (Å²) in [5.74, 6) is 0.634. The third kappa shape index (κ3) is 2.98. The fourth-order valence-electron chi connectivity index (χ4n) is 2.32. The normalized spacial score (nSPS) is 22.2. The lowest BCUT2D eigenvalue weighted by atomic mass is 10.0. The Hall–Kier alpha value is -1.75. The Bertz CT molecular complexity index is 462. The monoisotopic (exact) mass is 264 g/mol. The van der Waals surface area contributed by atoms with Gasteiger partial charge in [0, 0.05) is 19.1 Å². The quantitative estimate of drug-likeness (QED) is 0.807. The van der Waals surface area contributed by atoms with Gasteiger partial charge in [-0.3, -0.25) is 4.79 Å². The Balaban J connectivity index is 2.02. The van der Waals surface area contributed by atoms with Crippen LogP contribution in [0.3, 0.4) is 0 Å². The molecule has 0 aromatic heterocycles. The molecule has 1 heterocycles. The zero-order valence-electron chi connectivity index (χ0n) is 11.3. The highest BCUT2D eigenvalue weighted by Crippen LogP contribution is 2.26. The number of amides is 1. The second kappa shape index (κ2) is 5.93. The summed E-state index contributed by atoms with van der Waals surface area (Å²) in [5.41, 5.74) is 6.72. The van der Waals surface area contributed by atoms with E-state index in [0.29, 0.717) is 29.5 Å². The number of anilines is 1. The summed E-state index contributed by atoms with van der Waals surface area (Å²) in [4.78, 5) is 12.2. The highest BCUT2D eigenvalue weighted by Gasteiger charge is 2.25. The van der Waals surface area contributed by atoms with E-state index in [-0.39, 0.29) is 12.0 Å². The molecule has 1 aliphatic heterocycles. The Kier molecular flexibility index (Phi) is 4.27. The van der Waals surface area contributed by atoms with Gasteiger partial charge in [-0.05, 0) is 25.5 Å². The predicted octanol–water partition coefficient (Wildman–Crippen LogP) is 1.43. The first kappa shape index (κ1) is 13.7. The van der Waals surface area contributed by atoms with E-state index in [1.807, 2.05) is 6.92 Å². The molecule has 0 aliphatic carbocycles. The highest BCUT2D eigenvalue weighted by atomic mass is 16.5. The number of carbonyl (C=O) groups is 1. The van der Waals surface area contributed by atoms with Gasteiger partial charge in [0.15, 0.2) is 5.75 Å². The molecule has 1 amide bonds. The van der Waals surface area contributed by atoms with Crippen LogP contribution in [0.25, 0.3) is 0 Å². The summed E-state index contributed by atoms with van der Waals surface area (Å²) < 4.78 is 10.7. The van der Waals surface area contributed by atoms with Crippen LogP contribution in [0, 0.1) is 5.92 Å². The fraction of sp³-hybridized carbons (Fsp3) is 0.500. The molecule has 5 nitrogen and oxygen atoms in total. The molecule has 2 rings (SSSR count). The Morgan fingerprint density at radius 1 is 1.58 bits per heavy atom. The number of hydrogen-bond donors (Lipinski definition) is 2. The molecular weight excluding hydrogens is 244 g/mol. The molecule has 1 saturated heterocycles. The molecule has 104 valence electrons. The number of rotatable bonds is 4. The van der Waals surface area contributed by atoms with Gasteiger partial charge in [0.2, 0.25) is 0 Å². The summed E-state index contributed by atoms with van der Waals surface area (Å²) in [6, 6.07) is 5.16. The van der Waals surface area contributed by atoms with E-state index < -0.39 is 0 Å². The molecule has 2 unspecified atom stereocenters. The first-order valence-corrected chi connectivity index (χ1v) is 6.45. The van der Waals surface area contributed by atoms with Crippen molar-refractivity contribution in [1.29, 1.82) is 0 Å². The molecule has 1 aromatic rings. The third-order valence-electron chi connectivity index (χ3n) is 3.55. The first-order chi connectivity index (χ1) is 9.13. The molecule has 0 spiro atoms. The lowest BCUT2D eigenvalue weighted by Crippen LogP contribution is -2.32. The molecule has 0 saturated carbocycles. The first-order valence-electron chi connectivity index (χ1n) is 6.45. The van der Waals surface area contributed by atoms with Gasteiger partial charge in [-0.25, -0.2) is 0 Å². The van der Waals surface area contributed by atoms with Gasteiger partial charge in [0.05, 0.1) is 24.5 Å². The summed E-state index contributed by atoms with van der Waals surface area (Å²) in [6.07, 6.45) is 1.18. The second-order valence-electron chi connectivity index (χ2n) is 4.76. The minimum Gasteiger partial charge on any atom is -0.494 e. The van der Waals surface area contributed by atoms with Crippen LogP contribution in [0.5, 0.6) is 5.75 Å². The molecule has 19 heavy (non-hydrogen) atoms. The number of hydrogen-bond acceptors (Lipinski definition) is 4. The van der Waals surface area contributed by atoms with Gasteiger partial charge in [-0.1, -0.05) is 6.07 Å². The third-order valence-corrected chi connectivity index (χ3v) is 3.55. The number of carbonyl (C=O) groups excluding carboxylic acids is 1. The molecule has 5 heteroatoms. The number of methoxy groups -OCH3 is 1. The maximum atomic E-state index is 12.2. The van der Waals surface area contributed by atoms with Crippen molar-refractivity contribution in [3.8, 4) is 5.75 Å². The van der Waals surface area contributed by atoms with E-state index in [1.54, 1.807) is 18.2 Å². The van der Waals surface area contributed by atoms with E-state index in [0.717, 1.165) is 13.0 Å². The molecule has 2 atom stereocenters. The van der Waals surface area contributed by atoms with Crippen LogP contribution in [0.15, 0.2) is 18.2 Å². The van der Waals surface area contributed by atoms with Crippen molar-refractivity contribution < 1.29 is 14.3 Å². The van der Waals surface area contributed by atoms with E-state index in [9.17, 15) is 4.79 Å². The Morgan fingerprint density at radius 2 is 2.37 bits per heavy atom. The van der Waals surface area contributed by atoms with Crippen LogP contribution in [0.4, 0.5) is 5.69 Å². The number of nitrogens with one attached hydrogen (secondary N) is 1. The summed E-state index contributed by atoms with van der Waals surface area (Å²) in [5, 5.41) is 2.92. The van der Waals surface area contributed by atoms with Crippen molar-refractivity contribution in [1.82, 2.24) is 5.32 Å². The van der Waals surface area contributed by atoms with Crippen molar-refractivity contribution in [2.24, 2.45) is 5.92 Å². The molecular formula is C14H20N2O3. The molecule has 1 aromatic carbocycles. The maximum Gasteiger partial charge on any atom is 0.255 e. The topological polar surface area (TPSA) is 73.6 Å². The van der Waals surface area contributed by atoms with Crippen LogP contribution in [-0.4, -0.2) is 32.3 Å². The Morgan fingerprint density at radius 3 is 3.00 bits per heavy atom. The van der Waals surface area contributed by atoms with Crippen molar-refractivity contribution in [3.63, 3.8) is 0 Å². The number of nitrogen functional groups attached to an aromatic ring is 1. The molecule has 1 fully saturated rings. The Labute approximate surface area is 113 Å². The van der Waals surface area contributed by atoms with Crippen LogP contribution in [-0.2, 0) is 4.74 Å². The predicted molar refractivity (Wildman–Crippen MR) is 73.3 cm³/mol. The number of ether oxygens (including phenoxy) is 2. The number of nitrogens with two attached hydrogens (primary N) is 1. The fourth-order valence-corrected chi connectivity index (χ4v) is 2.32. The van der Waals surface area contributed by atoms with Crippen LogP contribution in [0.1, 0.15) is 23.7 Å². The summed E-state index contributed by atoms with van der Waals surface area (Å²) >= 11 is 0. The average molecular weight is 264 g/mol. The van der Waals surface area contributed by atoms with E-state index in [1.165, 1.54) is 7.11 Å². The number of benzene rings is 1. The van der Waals surface area contributed by atoms with Crippen molar-refractivity contribution in [2.45, 2.75) is 19.4 Å². The van der Waals surface area contributed by atoms with E-state index in [4.69, 9.17) is 15.2 Å². The lowest BCUT2D eigenvalue weighted by molar-refractivity contribution is 0.0905. The van der Waals surface area contributed by atoms with Crippen LogP contribution >= 0.6 is 0 Å². The summed E-state index contributed by atoms with van der Waals surface area (Å²) in [7, 11) is 1.51.